The van der Waals surface area contributed by atoms with Crippen LogP contribution in [0.4, 0.5) is 11.4 Å². The molecule has 3 aromatic rings. The van der Waals surface area contributed by atoms with Crippen LogP contribution in [0.15, 0.2) is 72.8 Å². The number of rotatable bonds is 7. The van der Waals surface area contributed by atoms with E-state index in [4.69, 9.17) is 14.2 Å². The number of methoxy groups -OCH3 is 2. The highest BCUT2D eigenvalue weighted by atomic mass is 16.5. The normalized spacial score (nSPS) is 14.9. The second kappa shape index (κ2) is 9.43. The number of hydrogen-bond acceptors (Lipinski definition) is 5. The molecule has 1 aliphatic heterocycles. The number of fused-ring (bicyclic) bond motifs is 1. The Balaban J connectivity index is 1.53. The standard InChI is InChI=1S/C25H26N2O4/c1-29-21-12-19(13-22(15-21)30-2)26-25(28)14-20-17-31-24-11-7-6-10-23(24)27(20)16-18-8-4-3-5-9-18/h3-13,15,20H,14,16-17H2,1-2H3,(H,26,28)/t20-/m1/s1. The molecule has 1 heterocycles. The van der Waals surface area contributed by atoms with Gasteiger partial charge in [0.15, 0.2) is 0 Å². The first-order valence-corrected chi connectivity index (χ1v) is 10.2. The first-order valence-electron chi connectivity index (χ1n) is 10.2. The van der Waals surface area contributed by atoms with Crippen LogP contribution in [0.25, 0.3) is 0 Å². The van der Waals surface area contributed by atoms with Gasteiger partial charge in [0.05, 0.1) is 32.4 Å². The number of carbonyl (C=O) groups excluding carboxylic acids is 1. The summed E-state index contributed by atoms with van der Waals surface area (Å²) in [4.78, 5) is 15.2. The van der Waals surface area contributed by atoms with Crippen molar-refractivity contribution in [3.8, 4) is 17.2 Å². The number of carbonyl (C=O) groups is 1. The predicted molar refractivity (Wildman–Crippen MR) is 121 cm³/mol. The van der Waals surface area contributed by atoms with Crippen LogP contribution in [0.3, 0.4) is 0 Å². The highest BCUT2D eigenvalue weighted by molar-refractivity contribution is 5.92. The summed E-state index contributed by atoms with van der Waals surface area (Å²) in [5.41, 5.74) is 2.81. The molecule has 0 radical (unpaired) electrons. The molecule has 6 nitrogen and oxygen atoms in total. The summed E-state index contributed by atoms with van der Waals surface area (Å²) in [7, 11) is 3.16. The molecular weight excluding hydrogens is 392 g/mol. The molecule has 1 atom stereocenters. The van der Waals surface area contributed by atoms with Crippen LogP contribution in [0.1, 0.15) is 12.0 Å². The van der Waals surface area contributed by atoms with Gasteiger partial charge >= 0.3 is 0 Å². The van der Waals surface area contributed by atoms with Gasteiger partial charge in [0.1, 0.15) is 23.9 Å². The van der Waals surface area contributed by atoms with Gasteiger partial charge in [0.25, 0.3) is 0 Å². The molecule has 4 rings (SSSR count). The van der Waals surface area contributed by atoms with Gasteiger partial charge in [0, 0.05) is 30.4 Å². The quantitative estimate of drug-likeness (QED) is 0.612. The third-order valence-corrected chi connectivity index (χ3v) is 5.30. The molecule has 0 saturated carbocycles. The maximum Gasteiger partial charge on any atom is 0.226 e. The molecule has 0 spiro atoms. The minimum atomic E-state index is -0.0960. The molecule has 0 aliphatic carbocycles. The highest BCUT2D eigenvalue weighted by Gasteiger charge is 2.29. The fourth-order valence-corrected chi connectivity index (χ4v) is 3.76. The maximum atomic E-state index is 12.9. The number of nitrogens with one attached hydrogen (secondary N) is 1. The third-order valence-electron chi connectivity index (χ3n) is 5.30. The molecule has 0 fully saturated rings. The Hall–Kier alpha value is -3.67. The summed E-state index contributed by atoms with van der Waals surface area (Å²) in [6, 6.07) is 23.4. The molecular formula is C25H26N2O4. The molecule has 3 aromatic carbocycles. The molecule has 0 saturated heterocycles. The van der Waals surface area contributed by atoms with E-state index in [1.165, 1.54) is 5.56 Å². The highest BCUT2D eigenvalue weighted by Crippen LogP contribution is 2.35. The Kier molecular flexibility index (Phi) is 6.26. The van der Waals surface area contributed by atoms with Gasteiger partial charge in [-0.2, -0.15) is 0 Å². The van der Waals surface area contributed by atoms with Crippen molar-refractivity contribution in [2.45, 2.75) is 19.0 Å². The van der Waals surface area contributed by atoms with Crippen LogP contribution in [0, 0.1) is 0 Å². The Morgan fingerprint density at radius 2 is 1.68 bits per heavy atom. The molecule has 1 aliphatic rings. The van der Waals surface area contributed by atoms with Gasteiger partial charge in [-0.3, -0.25) is 4.79 Å². The summed E-state index contributed by atoms with van der Waals surface area (Å²) < 4.78 is 16.6. The van der Waals surface area contributed by atoms with Crippen LogP contribution in [0.5, 0.6) is 17.2 Å². The van der Waals surface area contributed by atoms with Gasteiger partial charge in [-0.25, -0.2) is 0 Å². The molecule has 0 aromatic heterocycles. The summed E-state index contributed by atoms with van der Waals surface area (Å²) >= 11 is 0. The number of para-hydroxylation sites is 2. The van der Waals surface area contributed by atoms with E-state index in [0.717, 1.165) is 11.4 Å². The lowest BCUT2D eigenvalue weighted by atomic mass is 10.1. The van der Waals surface area contributed by atoms with Gasteiger partial charge in [-0.15, -0.1) is 0 Å². The van der Waals surface area contributed by atoms with Crippen LogP contribution in [-0.2, 0) is 11.3 Å². The van der Waals surface area contributed by atoms with Crippen molar-refractivity contribution in [2.24, 2.45) is 0 Å². The lowest BCUT2D eigenvalue weighted by molar-refractivity contribution is -0.116. The van der Waals surface area contributed by atoms with Gasteiger partial charge < -0.3 is 24.4 Å². The lowest BCUT2D eigenvalue weighted by Gasteiger charge is -2.38. The molecule has 160 valence electrons. The van der Waals surface area contributed by atoms with E-state index < -0.39 is 0 Å². The van der Waals surface area contributed by atoms with Crippen molar-refractivity contribution >= 4 is 17.3 Å². The molecule has 0 unspecified atom stereocenters. The van der Waals surface area contributed by atoms with Crippen molar-refractivity contribution in [2.75, 3.05) is 31.0 Å². The number of nitrogens with zero attached hydrogens (tertiary/aromatic N) is 1. The number of hydrogen-bond donors (Lipinski definition) is 1. The van der Waals surface area contributed by atoms with Gasteiger partial charge in [0.2, 0.25) is 5.91 Å². The topological polar surface area (TPSA) is 60.0 Å². The second-order valence-electron chi connectivity index (χ2n) is 7.40. The summed E-state index contributed by atoms with van der Waals surface area (Å²) in [5, 5.41) is 2.97. The van der Waals surface area contributed by atoms with Crippen LogP contribution >= 0.6 is 0 Å². The van der Waals surface area contributed by atoms with E-state index in [2.05, 4.69) is 22.3 Å². The Bertz CT molecular complexity index is 1020. The molecule has 6 heteroatoms. The minimum Gasteiger partial charge on any atom is -0.497 e. The van der Waals surface area contributed by atoms with E-state index in [9.17, 15) is 4.79 Å². The van der Waals surface area contributed by atoms with E-state index >= 15 is 0 Å². The number of benzene rings is 3. The summed E-state index contributed by atoms with van der Waals surface area (Å²) in [6.07, 6.45) is 0.292. The number of amides is 1. The van der Waals surface area contributed by atoms with E-state index in [1.54, 1.807) is 32.4 Å². The van der Waals surface area contributed by atoms with Crippen molar-refractivity contribution in [1.29, 1.82) is 0 Å². The SMILES string of the molecule is COc1cc(NC(=O)C[C@@H]2COc3ccccc3N2Cc2ccccc2)cc(OC)c1. The largest absolute Gasteiger partial charge is 0.497 e. The first-order chi connectivity index (χ1) is 15.2. The number of anilines is 2. The zero-order chi connectivity index (χ0) is 21.6. The van der Waals surface area contributed by atoms with Gasteiger partial charge in [-0.1, -0.05) is 42.5 Å². The van der Waals surface area contributed by atoms with E-state index in [1.807, 2.05) is 42.5 Å². The summed E-state index contributed by atoms with van der Waals surface area (Å²) in [5.74, 6) is 1.99. The van der Waals surface area contributed by atoms with Crippen LogP contribution in [-0.4, -0.2) is 32.8 Å². The fourth-order valence-electron chi connectivity index (χ4n) is 3.76. The van der Waals surface area contributed by atoms with Crippen molar-refractivity contribution in [1.82, 2.24) is 0 Å². The Morgan fingerprint density at radius 1 is 1.00 bits per heavy atom. The molecule has 1 amide bonds. The van der Waals surface area contributed by atoms with Crippen molar-refractivity contribution in [3.63, 3.8) is 0 Å². The molecule has 0 bridgehead atoms. The predicted octanol–water partition coefficient (Wildman–Crippen LogP) is 4.50. The smallest absolute Gasteiger partial charge is 0.226 e. The second-order valence-corrected chi connectivity index (χ2v) is 7.40. The van der Waals surface area contributed by atoms with Crippen LogP contribution in [0.2, 0.25) is 0 Å². The average molecular weight is 418 g/mol. The van der Waals surface area contributed by atoms with Crippen molar-refractivity contribution in [3.05, 3.63) is 78.4 Å². The third kappa shape index (κ3) is 4.91. The summed E-state index contributed by atoms with van der Waals surface area (Å²) in [6.45, 7) is 1.14. The average Bonchev–Trinajstić information content (AvgIpc) is 2.81. The molecule has 1 N–H and O–H groups in total. The lowest BCUT2D eigenvalue weighted by Crippen LogP contribution is -2.44. The Morgan fingerprint density at radius 3 is 2.39 bits per heavy atom. The van der Waals surface area contributed by atoms with E-state index in [-0.39, 0.29) is 11.9 Å². The number of ether oxygens (including phenoxy) is 3. The van der Waals surface area contributed by atoms with Crippen LogP contribution < -0.4 is 24.4 Å². The maximum absolute atomic E-state index is 12.9. The monoisotopic (exact) mass is 418 g/mol. The van der Waals surface area contributed by atoms with E-state index in [0.29, 0.717) is 36.8 Å². The Labute approximate surface area is 182 Å². The first kappa shape index (κ1) is 20.6. The minimum absolute atomic E-state index is 0.0948. The molecule has 31 heavy (non-hydrogen) atoms. The zero-order valence-corrected chi connectivity index (χ0v) is 17.7. The zero-order valence-electron chi connectivity index (χ0n) is 17.7. The van der Waals surface area contributed by atoms with Crippen molar-refractivity contribution < 1.29 is 19.0 Å². The fraction of sp³-hybridized carbons (Fsp3) is 0.240. The van der Waals surface area contributed by atoms with Gasteiger partial charge in [-0.05, 0) is 17.7 Å².